The number of halogens is 1. The second-order valence-corrected chi connectivity index (χ2v) is 8.63. The van der Waals surface area contributed by atoms with Gasteiger partial charge < -0.3 is 0 Å². The molecule has 0 unspecified atom stereocenters. The fraction of sp³-hybridized carbons (Fsp3) is 0. The van der Waals surface area contributed by atoms with E-state index in [1.165, 1.54) is 4.70 Å². The van der Waals surface area contributed by atoms with Gasteiger partial charge in [0.15, 0.2) is 0 Å². The van der Waals surface area contributed by atoms with E-state index in [0.717, 1.165) is 41.9 Å². The number of rotatable bonds is 3. The molecule has 0 aliphatic heterocycles. The zero-order valence-electron chi connectivity index (χ0n) is 14.1. The number of fused-ring (bicyclic) bond motifs is 2. The molecule has 0 saturated carbocycles. The highest BCUT2D eigenvalue weighted by atomic mass is 35.5. The lowest BCUT2D eigenvalue weighted by Crippen LogP contribution is -1.88. The molecule has 0 N–H and O–H groups in total. The van der Waals surface area contributed by atoms with Gasteiger partial charge in [-0.25, -0.2) is 9.97 Å². The molecule has 2 aromatic heterocycles. The van der Waals surface area contributed by atoms with Crippen LogP contribution in [-0.2, 0) is 0 Å². The Morgan fingerprint density at radius 3 is 2.33 bits per heavy atom. The SMILES string of the molecule is Clc1ccc(Sc2cc(-c3nc4ccccc4s3)c3ccccc3n2)cc1. The number of pyridine rings is 1. The summed E-state index contributed by atoms with van der Waals surface area (Å²) in [5.74, 6) is 0. The van der Waals surface area contributed by atoms with Crippen LogP contribution in [0.25, 0.3) is 31.7 Å². The topological polar surface area (TPSA) is 25.8 Å². The molecular weight excluding hydrogens is 392 g/mol. The normalized spacial score (nSPS) is 11.3. The van der Waals surface area contributed by atoms with Crippen LogP contribution in [0.4, 0.5) is 0 Å². The van der Waals surface area contributed by atoms with Crippen LogP contribution >= 0.6 is 34.7 Å². The quantitative estimate of drug-likeness (QED) is 0.315. The lowest BCUT2D eigenvalue weighted by molar-refractivity contribution is 1.18. The van der Waals surface area contributed by atoms with Crippen LogP contribution in [0.1, 0.15) is 0 Å². The van der Waals surface area contributed by atoms with Gasteiger partial charge in [0.05, 0.1) is 15.7 Å². The van der Waals surface area contributed by atoms with E-state index in [1.807, 2.05) is 42.5 Å². The lowest BCUT2D eigenvalue weighted by atomic mass is 10.1. The second kappa shape index (κ2) is 6.97. The Kier molecular flexibility index (Phi) is 4.32. The third-order valence-corrected chi connectivity index (χ3v) is 6.50. The largest absolute Gasteiger partial charge is 0.241 e. The zero-order valence-corrected chi connectivity index (χ0v) is 16.5. The van der Waals surface area contributed by atoms with E-state index >= 15 is 0 Å². The Morgan fingerprint density at radius 2 is 1.52 bits per heavy atom. The molecule has 3 aromatic carbocycles. The highest BCUT2D eigenvalue weighted by Crippen LogP contribution is 2.37. The van der Waals surface area contributed by atoms with Crippen molar-refractivity contribution in [3.8, 4) is 10.6 Å². The molecule has 0 aliphatic carbocycles. The Labute approximate surface area is 169 Å². The predicted octanol–water partition coefficient (Wildman–Crippen LogP) is 7.32. The first-order chi connectivity index (χ1) is 13.3. The van der Waals surface area contributed by atoms with Crippen molar-refractivity contribution < 1.29 is 0 Å². The molecule has 0 fully saturated rings. The minimum atomic E-state index is 0.737. The van der Waals surface area contributed by atoms with Crippen molar-refractivity contribution in [3.05, 3.63) is 83.9 Å². The zero-order chi connectivity index (χ0) is 18.2. The Bertz CT molecular complexity index is 1230. The summed E-state index contributed by atoms with van der Waals surface area (Å²) in [5.41, 5.74) is 3.13. The fourth-order valence-electron chi connectivity index (χ4n) is 2.99. The van der Waals surface area contributed by atoms with Crippen LogP contribution in [0.2, 0.25) is 5.02 Å². The summed E-state index contributed by atoms with van der Waals surface area (Å²) in [6.45, 7) is 0. The molecule has 27 heavy (non-hydrogen) atoms. The van der Waals surface area contributed by atoms with Gasteiger partial charge in [-0.15, -0.1) is 11.3 Å². The minimum Gasteiger partial charge on any atom is -0.241 e. The molecule has 5 aromatic rings. The Morgan fingerprint density at radius 1 is 0.778 bits per heavy atom. The average molecular weight is 405 g/mol. The van der Waals surface area contributed by atoms with Crippen LogP contribution in [0.3, 0.4) is 0 Å². The molecule has 0 bridgehead atoms. The molecule has 2 heterocycles. The van der Waals surface area contributed by atoms with Crippen LogP contribution < -0.4 is 0 Å². The highest BCUT2D eigenvalue weighted by Gasteiger charge is 2.13. The van der Waals surface area contributed by atoms with E-state index in [9.17, 15) is 0 Å². The van der Waals surface area contributed by atoms with Crippen molar-refractivity contribution >= 4 is 55.8 Å². The average Bonchev–Trinajstić information content (AvgIpc) is 3.13. The maximum absolute atomic E-state index is 6.00. The van der Waals surface area contributed by atoms with E-state index in [-0.39, 0.29) is 0 Å². The number of benzene rings is 3. The number of hydrogen-bond acceptors (Lipinski definition) is 4. The minimum absolute atomic E-state index is 0.737. The maximum Gasteiger partial charge on any atom is 0.125 e. The van der Waals surface area contributed by atoms with Gasteiger partial charge in [0, 0.05) is 20.9 Å². The smallest absolute Gasteiger partial charge is 0.125 e. The summed E-state index contributed by atoms with van der Waals surface area (Å²) in [5, 5.41) is 3.83. The summed E-state index contributed by atoms with van der Waals surface area (Å²) in [7, 11) is 0. The predicted molar refractivity (Wildman–Crippen MR) is 116 cm³/mol. The van der Waals surface area contributed by atoms with Crippen LogP contribution in [0, 0.1) is 0 Å². The summed E-state index contributed by atoms with van der Waals surface area (Å²) in [4.78, 5) is 10.8. The summed E-state index contributed by atoms with van der Waals surface area (Å²) in [6, 6.07) is 26.5. The molecule has 0 amide bonds. The first kappa shape index (κ1) is 16.8. The molecule has 130 valence electrons. The molecule has 0 spiro atoms. The van der Waals surface area contributed by atoms with Crippen LogP contribution in [-0.4, -0.2) is 9.97 Å². The number of aromatic nitrogens is 2. The summed E-state index contributed by atoms with van der Waals surface area (Å²) in [6.07, 6.45) is 0. The molecule has 2 nitrogen and oxygen atoms in total. The lowest BCUT2D eigenvalue weighted by Gasteiger charge is -2.08. The van der Waals surface area contributed by atoms with Crippen molar-refractivity contribution in [1.82, 2.24) is 9.97 Å². The van der Waals surface area contributed by atoms with Gasteiger partial charge in [-0.05, 0) is 48.5 Å². The summed E-state index contributed by atoms with van der Waals surface area (Å²) < 4.78 is 1.19. The first-order valence-electron chi connectivity index (χ1n) is 8.45. The summed E-state index contributed by atoms with van der Waals surface area (Å²) >= 11 is 9.36. The number of nitrogens with zero attached hydrogens (tertiary/aromatic N) is 2. The molecule has 0 radical (unpaired) electrons. The van der Waals surface area contributed by atoms with E-state index in [4.69, 9.17) is 21.6 Å². The number of hydrogen-bond donors (Lipinski definition) is 0. The van der Waals surface area contributed by atoms with Gasteiger partial charge in [-0.2, -0.15) is 0 Å². The standard InChI is InChI=1S/C22H13ClN2S2/c23-14-9-11-15(12-10-14)26-21-13-17(16-5-1-2-6-18(16)24-21)22-25-19-7-3-4-8-20(19)27-22/h1-13H. The van der Waals surface area contributed by atoms with E-state index in [1.54, 1.807) is 23.1 Å². The van der Waals surface area contributed by atoms with Crippen molar-refractivity contribution in [2.75, 3.05) is 0 Å². The van der Waals surface area contributed by atoms with Gasteiger partial charge in [-0.3, -0.25) is 0 Å². The van der Waals surface area contributed by atoms with Crippen molar-refractivity contribution in [2.45, 2.75) is 9.92 Å². The molecule has 5 heteroatoms. The van der Waals surface area contributed by atoms with Gasteiger partial charge >= 0.3 is 0 Å². The van der Waals surface area contributed by atoms with Crippen LogP contribution in [0.15, 0.2) is 88.8 Å². The highest BCUT2D eigenvalue weighted by molar-refractivity contribution is 7.99. The number of para-hydroxylation sites is 2. The Balaban J connectivity index is 1.66. The third kappa shape index (κ3) is 3.32. The van der Waals surface area contributed by atoms with Gasteiger partial charge in [0.1, 0.15) is 10.0 Å². The van der Waals surface area contributed by atoms with E-state index < -0.39 is 0 Å². The van der Waals surface area contributed by atoms with Gasteiger partial charge in [0.25, 0.3) is 0 Å². The molecule has 0 atom stereocenters. The van der Waals surface area contributed by atoms with Crippen molar-refractivity contribution in [2.24, 2.45) is 0 Å². The van der Waals surface area contributed by atoms with Crippen LogP contribution in [0.5, 0.6) is 0 Å². The monoisotopic (exact) mass is 404 g/mol. The van der Waals surface area contributed by atoms with E-state index in [2.05, 4.69) is 36.4 Å². The molecule has 0 saturated heterocycles. The molecular formula is C22H13ClN2S2. The first-order valence-corrected chi connectivity index (χ1v) is 10.5. The van der Waals surface area contributed by atoms with Crippen molar-refractivity contribution in [1.29, 1.82) is 0 Å². The van der Waals surface area contributed by atoms with Gasteiger partial charge in [0.2, 0.25) is 0 Å². The van der Waals surface area contributed by atoms with Gasteiger partial charge in [-0.1, -0.05) is 53.7 Å². The third-order valence-electron chi connectivity index (χ3n) is 4.25. The Hall–Kier alpha value is -2.40. The fourth-order valence-corrected chi connectivity index (χ4v) is 4.95. The second-order valence-electron chi connectivity index (χ2n) is 6.07. The van der Waals surface area contributed by atoms with Crippen molar-refractivity contribution in [3.63, 3.8) is 0 Å². The number of thiazole rings is 1. The molecule has 0 aliphatic rings. The maximum atomic E-state index is 6.00. The van der Waals surface area contributed by atoms with E-state index in [0.29, 0.717) is 0 Å². The molecule has 5 rings (SSSR count).